The van der Waals surface area contributed by atoms with E-state index in [1.165, 1.54) is 18.5 Å². The van der Waals surface area contributed by atoms with Gasteiger partial charge in [0.15, 0.2) is 0 Å². The first-order valence-corrected chi connectivity index (χ1v) is 10.9. The van der Waals surface area contributed by atoms with Gasteiger partial charge in [-0.05, 0) is 73.9 Å². The molecule has 1 saturated heterocycles. The Labute approximate surface area is 184 Å². The van der Waals surface area contributed by atoms with Gasteiger partial charge < -0.3 is 20.3 Å². The van der Waals surface area contributed by atoms with E-state index in [9.17, 15) is 4.79 Å². The van der Waals surface area contributed by atoms with Crippen molar-refractivity contribution in [3.8, 4) is 5.75 Å². The van der Waals surface area contributed by atoms with E-state index in [0.717, 1.165) is 35.8 Å². The monoisotopic (exact) mass is 415 g/mol. The lowest BCUT2D eigenvalue weighted by Gasteiger charge is -2.19. The van der Waals surface area contributed by atoms with Gasteiger partial charge in [0.2, 0.25) is 5.91 Å². The van der Waals surface area contributed by atoms with Gasteiger partial charge in [-0.15, -0.1) is 0 Å². The summed E-state index contributed by atoms with van der Waals surface area (Å²) in [6.45, 7) is 4.63. The molecule has 0 radical (unpaired) electrons. The number of hydrogen-bond acceptors (Lipinski definition) is 4. The Kier molecular flexibility index (Phi) is 6.72. The summed E-state index contributed by atoms with van der Waals surface area (Å²) in [7, 11) is 0. The highest BCUT2D eigenvalue weighted by molar-refractivity contribution is 5.96. The molecule has 3 aromatic rings. The molecule has 5 heteroatoms. The Balaban J connectivity index is 1.26. The molecule has 1 heterocycles. The van der Waals surface area contributed by atoms with Crippen molar-refractivity contribution in [3.63, 3.8) is 0 Å². The summed E-state index contributed by atoms with van der Waals surface area (Å²) in [6, 6.07) is 25.4. The van der Waals surface area contributed by atoms with E-state index in [0.29, 0.717) is 6.61 Å². The minimum absolute atomic E-state index is 0.0819. The highest BCUT2D eigenvalue weighted by atomic mass is 16.5. The van der Waals surface area contributed by atoms with Gasteiger partial charge in [0.05, 0.1) is 0 Å². The summed E-state index contributed by atoms with van der Waals surface area (Å²) in [5, 5.41) is 6.23. The minimum Gasteiger partial charge on any atom is -0.489 e. The zero-order chi connectivity index (χ0) is 21.5. The number of rotatable bonds is 8. The number of ether oxygens (including phenoxy) is 1. The summed E-state index contributed by atoms with van der Waals surface area (Å²) in [6.07, 6.45) is 2.52. The summed E-state index contributed by atoms with van der Waals surface area (Å²) >= 11 is 0. The van der Waals surface area contributed by atoms with E-state index in [-0.39, 0.29) is 11.9 Å². The van der Waals surface area contributed by atoms with E-state index < -0.39 is 0 Å². The second kappa shape index (κ2) is 10.0. The van der Waals surface area contributed by atoms with E-state index in [1.807, 2.05) is 73.7 Å². The first-order chi connectivity index (χ1) is 15.2. The molecule has 0 aromatic heterocycles. The number of carbonyl (C=O) groups is 1. The molecule has 3 aromatic carbocycles. The van der Waals surface area contributed by atoms with Crippen molar-refractivity contribution >= 4 is 23.0 Å². The highest BCUT2D eigenvalue weighted by Gasteiger charge is 2.15. The Bertz CT molecular complexity index is 966. The molecule has 0 spiro atoms. The van der Waals surface area contributed by atoms with Crippen molar-refractivity contribution < 1.29 is 9.53 Å². The largest absolute Gasteiger partial charge is 0.489 e. The first kappa shape index (κ1) is 20.8. The van der Waals surface area contributed by atoms with Crippen LogP contribution in [-0.4, -0.2) is 25.0 Å². The van der Waals surface area contributed by atoms with Crippen LogP contribution in [0.5, 0.6) is 5.75 Å². The fourth-order valence-corrected chi connectivity index (χ4v) is 3.69. The molecule has 1 aliphatic heterocycles. The number of nitrogens with one attached hydrogen (secondary N) is 2. The molecule has 1 atom stereocenters. The van der Waals surface area contributed by atoms with Gasteiger partial charge in [-0.2, -0.15) is 0 Å². The molecule has 1 aliphatic rings. The van der Waals surface area contributed by atoms with Gasteiger partial charge in [-0.1, -0.05) is 30.3 Å². The van der Waals surface area contributed by atoms with Crippen LogP contribution in [0.3, 0.4) is 0 Å². The second-order valence-corrected chi connectivity index (χ2v) is 7.89. The molecule has 0 unspecified atom stereocenters. The lowest BCUT2D eigenvalue weighted by molar-refractivity contribution is -0.116. The summed E-state index contributed by atoms with van der Waals surface area (Å²) < 4.78 is 5.80. The minimum atomic E-state index is -0.355. The van der Waals surface area contributed by atoms with Gasteiger partial charge in [-0.25, -0.2) is 0 Å². The van der Waals surface area contributed by atoms with Crippen LogP contribution in [0.25, 0.3) is 0 Å². The third-order valence-corrected chi connectivity index (χ3v) is 5.49. The average molecular weight is 416 g/mol. The van der Waals surface area contributed by atoms with Crippen molar-refractivity contribution in [2.45, 2.75) is 32.4 Å². The number of hydrogen-bond donors (Lipinski definition) is 2. The van der Waals surface area contributed by atoms with Crippen LogP contribution in [0.2, 0.25) is 0 Å². The Morgan fingerprint density at radius 2 is 1.55 bits per heavy atom. The third-order valence-electron chi connectivity index (χ3n) is 5.49. The lowest BCUT2D eigenvalue weighted by atomic mass is 10.2. The molecule has 31 heavy (non-hydrogen) atoms. The van der Waals surface area contributed by atoms with Crippen LogP contribution >= 0.6 is 0 Å². The summed E-state index contributed by atoms with van der Waals surface area (Å²) in [5.74, 6) is 0.688. The molecule has 160 valence electrons. The van der Waals surface area contributed by atoms with Crippen LogP contribution in [0.4, 0.5) is 17.1 Å². The van der Waals surface area contributed by atoms with Crippen LogP contribution in [0.1, 0.15) is 25.3 Å². The Morgan fingerprint density at radius 3 is 2.23 bits per heavy atom. The fraction of sp³-hybridized carbons (Fsp3) is 0.269. The van der Waals surface area contributed by atoms with Crippen molar-refractivity contribution in [1.82, 2.24) is 0 Å². The lowest BCUT2D eigenvalue weighted by Crippen LogP contribution is -2.31. The SMILES string of the molecule is C[C@H](Nc1ccc(N2CCCC2)cc1)C(=O)Nc1ccc(OCc2ccccc2)cc1. The number of nitrogens with zero attached hydrogens (tertiary/aromatic N) is 1. The molecule has 1 amide bonds. The van der Waals surface area contributed by atoms with E-state index in [2.05, 4.69) is 27.7 Å². The molecule has 2 N–H and O–H groups in total. The predicted octanol–water partition coefficient (Wildman–Crippen LogP) is 5.30. The van der Waals surface area contributed by atoms with E-state index in [4.69, 9.17) is 4.74 Å². The zero-order valence-electron chi connectivity index (χ0n) is 17.9. The van der Waals surface area contributed by atoms with Gasteiger partial charge in [0.25, 0.3) is 0 Å². The number of carbonyl (C=O) groups excluding carboxylic acids is 1. The second-order valence-electron chi connectivity index (χ2n) is 7.89. The molecular weight excluding hydrogens is 386 g/mol. The number of amides is 1. The van der Waals surface area contributed by atoms with Gasteiger partial charge >= 0.3 is 0 Å². The molecule has 0 aliphatic carbocycles. The molecule has 1 fully saturated rings. The van der Waals surface area contributed by atoms with Crippen LogP contribution in [0.15, 0.2) is 78.9 Å². The van der Waals surface area contributed by atoms with Crippen molar-refractivity contribution in [2.24, 2.45) is 0 Å². The van der Waals surface area contributed by atoms with Gasteiger partial charge in [-0.3, -0.25) is 4.79 Å². The van der Waals surface area contributed by atoms with Gasteiger partial charge in [0, 0.05) is 30.2 Å². The number of anilines is 3. The molecule has 5 nitrogen and oxygen atoms in total. The summed E-state index contributed by atoms with van der Waals surface area (Å²) in [4.78, 5) is 15.0. The molecular formula is C26H29N3O2. The van der Waals surface area contributed by atoms with E-state index in [1.54, 1.807) is 0 Å². The highest BCUT2D eigenvalue weighted by Crippen LogP contribution is 2.23. The van der Waals surface area contributed by atoms with E-state index >= 15 is 0 Å². The van der Waals surface area contributed by atoms with Crippen molar-refractivity contribution in [3.05, 3.63) is 84.4 Å². The quantitative estimate of drug-likeness (QED) is 0.524. The topological polar surface area (TPSA) is 53.6 Å². The molecule has 0 bridgehead atoms. The fourth-order valence-electron chi connectivity index (χ4n) is 3.69. The average Bonchev–Trinajstić information content (AvgIpc) is 3.35. The van der Waals surface area contributed by atoms with Crippen LogP contribution in [-0.2, 0) is 11.4 Å². The normalized spacial score (nSPS) is 14.2. The zero-order valence-corrected chi connectivity index (χ0v) is 17.9. The maximum Gasteiger partial charge on any atom is 0.246 e. The third kappa shape index (κ3) is 5.79. The predicted molar refractivity (Wildman–Crippen MR) is 127 cm³/mol. The maximum absolute atomic E-state index is 12.6. The Hall–Kier alpha value is -3.47. The first-order valence-electron chi connectivity index (χ1n) is 10.9. The van der Waals surface area contributed by atoms with Crippen molar-refractivity contribution in [2.75, 3.05) is 28.6 Å². The van der Waals surface area contributed by atoms with Crippen molar-refractivity contribution in [1.29, 1.82) is 0 Å². The molecule has 4 rings (SSSR count). The standard InChI is InChI=1S/C26H29N3O2/c1-20(27-22-9-13-24(14-10-22)29-17-5-6-18-29)26(30)28-23-11-15-25(16-12-23)31-19-21-7-3-2-4-8-21/h2-4,7-16,20,27H,5-6,17-19H2,1H3,(H,28,30)/t20-/m0/s1. The van der Waals surface area contributed by atoms with Crippen LogP contribution < -0.4 is 20.3 Å². The molecule has 0 saturated carbocycles. The Morgan fingerprint density at radius 1 is 0.903 bits per heavy atom. The van der Waals surface area contributed by atoms with Gasteiger partial charge in [0.1, 0.15) is 18.4 Å². The number of benzene rings is 3. The smallest absolute Gasteiger partial charge is 0.246 e. The summed E-state index contributed by atoms with van der Waals surface area (Å²) in [5.41, 5.74) is 4.05. The van der Waals surface area contributed by atoms with Crippen LogP contribution in [0, 0.1) is 0 Å². The maximum atomic E-state index is 12.6.